The number of carbonyl (C=O) groups excluding carboxylic acids is 1. The van der Waals surface area contributed by atoms with E-state index in [4.69, 9.17) is 4.98 Å². The fraction of sp³-hybridized carbons (Fsp3) is 0.542. The highest BCUT2D eigenvalue weighted by atomic mass is 16.1. The van der Waals surface area contributed by atoms with E-state index < -0.39 is 0 Å². The summed E-state index contributed by atoms with van der Waals surface area (Å²) in [5, 5.41) is 6.44. The van der Waals surface area contributed by atoms with Crippen LogP contribution in [0.3, 0.4) is 0 Å². The van der Waals surface area contributed by atoms with E-state index in [9.17, 15) is 4.79 Å². The van der Waals surface area contributed by atoms with E-state index in [0.29, 0.717) is 29.5 Å². The van der Waals surface area contributed by atoms with Crippen LogP contribution >= 0.6 is 0 Å². The highest BCUT2D eigenvalue weighted by Crippen LogP contribution is 2.37. The van der Waals surface area contributed by atoms with Crippen LogP contribution in [0.1, 0.15) is 81.1 Å². The first-order valence-electron chi connectivity index (χ1n) is 11.4. The van der Waals surface area contributed by atoms with Gasteiger partial charge in [-0.2, -0.15) is 4.98 Å². The molecular formula is C24H33N5O. The van der Waals surface area contributed by atoms with E-state index in [1.807, 2.05) is 30.5 Å². The summed E-state index contributed by atoms with van der Waals surface area (Å²) in [6.07, 6.45) is 8.78. The third-order valence-electron chi connectivity index (χ3n) is 6.55. The number of benzene rings is 1. The lowest BCUT2D eigenvalue weighted by atomic mass is 10.1. The van der Waals surface area contributed by atoms with Gasteiger partial charge in [-0.1, -0.05) is 33.6 Å². The molecule has 1 unspecified atom stereocenters. The average Bonchev–Trinajstić information content (AvgIpc) is 3.38. The van der Waals surface area contributed by atoms with Crippen LogP contribution < -0.4 is 15.5 Å². The van der Waals surface area contributed by atoms with Crippen LogP contribution in [0.5, 0.6) is 0 Å². The Balaban J connectivity index is 1.45. The second kappa shape index (κ2) is 9.02. The summed E-state index contributed by atoms with van der Waals surface area (Å²) in [5.74, 6) is 2.12. The third-order valence-corrected chi connectivity index (χ3v) is 6.55. The molecule has 1 aliphatic carbocycles. The number of nitrogens with zero attached hydrogens (tertiary/aromatic N) is 3. The molecule has 1 aliphatic heterocycles. The van der Waals surface area contributed by atoms with Crippen molar-refractivity contribution in [3.05, 3.63) is 41.6 Å². The van der Waals surface area contributed by atoms with Crippen molar-refractivity contribution in [1.82, 2.24) is 15.3 Å². The van der Waals surface area contributed by atoms with Gasteiger partial charge in [0, 0.05) is 47.6 Å². The molecule has 0 radical (unpaired) electrons. The SMILES string of the molecule is CCC(CC)N1CC(C)c2cnc(Nc3ccc(C(=O)NC4CCCC4)cc3)nc21. The summed E-state index contributed by atoms with van der Waals surface area (Å²) in [6, 6.07) is 8.39. The first kappa shape index (κ1) is 20.6. The van der Waals surface area contributed by atoms with Crippen molar-refractivity contribution in [2.75, 3.05) is 16.8 Å². The van der Waals surface area contributed by atoms with Crippen molar-refractivity contribution in [2.24, 2.45) is 0 Å². The summed E-state index contributed by atoms with van der Waals surface area (Å²) < 4.78 is 0. The largest absolute Gasteiger partial charge is 0.353 e. The van der Waals surface area contributed by atoms with Crippen LogP contribution in [-0.2, 0) is 0 Å². The van der Waals surface area contributed by atoms with E-state index in [1.54, 1.807) is 0 Å². The Labute approximate surface area is 179 Å². The van der Waals surface area contributed by atoms with Crippen molar-refractivity contribution in [2.45, 2.75) is 77.3 Å². The maximum atomic E-state index is 12.4. The minimum atomic E-state index is 0.0111. The van der Waals surface area contributed by atoms with E-state index in [2.05, 4.69) is 41.3 Å². The molecule has 30 heavy (non-hydrogen) atoms. The molecule has 1 saturated carbocycles. The molecule has 160 valence electrons. The number of rotatable bonds is 7. The number of hydrogen-bond acceptors (Lipinski definition) is 5. The van der Waals surface area contributed by atoms with Crippen molar-refractivity contribution >= 4 is 23.4 Å². The summed E-state index contributed by atoms with van der Waals surface area (Å²) in [4.78, 5) is 24.2. The van der Waals surface area contributed by atoms with Crippen LogP contribution in [-0.4, -0.2) is 34.5 Å². The Bertz CT molecular complexity index is 872. The molecule has 6 nitrogen and oxygen atoms in total. The van der Waals surface area contributed by atoms with Crippen LogP contribution in [0, 0.1) is 0 Å². The molecule has 0 bridgehead atoms. The summed E-state index contributed by atoms with van der Waals surface area (Å²) in [7, 11) is 0. The van der Waals surface area contributed by atoms with E-state index >= 15 is 0 Å². The average molecular weight is 408 g/mol. The van der Waals surface area contributed by atoms with Gasteiger partial charge >= 0.3 is 0 Å². The first-order chi connectivity index (χ1) is 14.6. The van der Waals surface area contributed by atoms with Gasteiger partial charge in [0.1, 0.15) is 5.82 Å². The Hall–Kier alpha value is -2.63. The smallest absolute Gasteiger partial charge is 0.251 e. The highest BCUT2D eigenvalue weighted by Gasteiger charge is 2.31. The monoisotopic (exact) mass is 407 g/mol. The molecule has 2 aromatic rings. The topological polar surface area (TPSA) is 70.2 Å². The van der Waals surface area contributed by atoms with Gasteiger partial charge in [-0.15, -0.1) is 0 Å². The second-order valence-corrected chi connectivity index (χ2v) is 8.65. The number of amides is 1. The van der Waals surface area contributed by atoms with Crippen LogP contribution in [0.2, 0.25) is 0 Å². The van der Waals surface area contributed by atoms with Crippen molar-refractivity contribution < 1.29 is 4.79 Å². The number of nitrogens with one attached hydrogen (secondary N) is 2. The Morgan fingerprint density at radius 2 is 1.87 bits per heavy atom. The van der Waals surface area contributed by atoms with Crippen molar-refractivity contribution in [1.29, 1.82) is 0 Å². The molecule has 1 aromatic carbocycles. The van der Waals surface area contributed by atoms with Gasteiger partial charge in [0.15, 0.2) is 0 Å². The van der Waals surface area contributed by atoms with Crippen molar-refractivity contribution in [3.8, 4) is 0 Å². The predicted octanol–water partition coefficient (Wildman–Crippen LogP) is 5.00. The van der Waals surface area contributed by atoms with Gasteiger partial charge in [0.2, 0.25) is 5.95 Å². The zero-order valence-corrected chi connectivity index (χ0v) is 18.3. The number of carbonyl (C=O) groups is 1. The highest BCUT2D eigenvalue weighted by molar-refractivity contribution is 5.94. The predicted molar refractivity (Wildman–Crippen MR) is 122 cm³/mol. The third kappa shape index (κ3) is 4.27. The quantitative estimate of drug-likeness (QED) is 0.675. The maximum Gasteiger partial charge on any atom is 0.251 e. The van der Waals surface area contributed by atoms with Gasteiger partial charge in [-0.25, -0.2) is 4.98 Å². The summed E-state index contributed by atoms with van der Waals surface area (Å²) >= 11 is 0. The fourth-order valence-electron chi connectivity index (χ4n) is 4.72. The zero-order valence-electron chi connectivity index (χ0n) is 18.3. The van der Waals surface area contributed by atoms with Gasteiger partial charge in [0.25, 0.3) is 5.91 Å². The number of aromatic nitrogens is 2. The van der Waals surface area contributed by atoms with E-state index in [-0.39, 0.29) is 5.91 Å². The normalized spacial score (nSPS) is 18.7. The van der Waals surface area contributed by atoms with E-state index in [0.717, 1.165) is 43.7 Å². The molecule has 6 heteroatoms. The Kier molecular flexibility index (Phi) is 6.21. The Morgan fingerprint density at radius 3 is 2.53 bits per heavy atom. The number of anilines is 3. The molecule has 1 atom stereocenters. The van der Waals surface area contributed by atoms with Crippen LogP contribution in [0.4, 0.5) is 17.5 Å². The lowest BCUT2D eigenvalue weighted by Gasteiger charge is -2.28. The van der Waals surface area contributed by atoms with Gasteiger partial charge in [-0.3, -0.25) is 4.79 Å². The van der Waals surface area contributed by atoms with Gasteiger partial charge in [-0.05, 0) is 49.9 Å². The number of fused-ring (bicyclic) bond motifs is 1. The minimum absolute atomic E-state index is 0.0111. The van der Waals surface area contributed by atoms with Crippen molar-refractivity contribution in [3.63, 3.8) is 0 Å². The second-order valence-electron chi connectivity index (χ2n) is 8.65. The number of hydrogen-bond donors (Lipinski definition) is 2. The van der Waals surface area contributed by atoms with Crippen LogP contribution in [0.15, 0.2) is 30.5 Å². The minimum Gasteiger partial charge on any atom is -0.353 e. The maximum absolute atomic E-state index is 12.4. The lowest BCUT2D eigenvalue weighted by Crippen LogP contribution is -2.33. The molecule has 2 aliphatic rings. The molecule has 1 amide bonds. The molecule has 1 aromatic heterocycles. The fourth-order valence-corrected chi connectivity index (χ4v) is 4.72. The lowest BCUT2D eigenvalue weighted by molar-refractivity contribution is 0.0938. The summed E-state index contributed by atoms with van der Waals surface area (Å²) in [6.45, 7) is 7.72. The molecular weight excluding hydrogens is 374 g/mol. The molecule has 0 saturated heterocycles. The standard InChI is InChI=1S/C24H33N5O/c1-4-20(5-2)29-15-16(3)21-14-25-24(28-22(21)29)27-19-12-10-17(11-13-19)23(30)26-18-8-6-7-9-18/h10-14,16,18,20H,4-9,15H2,1-3H3,(H,26,30)(H,25,27,28). The zero-order chi connectivity index (χ0) is 21.1. The van der Waals surface area contributed by atoms with Gasteiger partial charge < -0.3 is 15.5 Å². The molecule has 0 spiro atoms. The van der Waals surface area contributed by atoms with Crippen LogP contribution in [0.25, 0.3) is 0 Å². The van der Waals surface area contributed by atoms with Gasteiger partial charge in [0.05, 0.1) is 0 Å². The molecule has 4 rings (SSSR count). The molecule has 2 N–H and O–H groups in total. The Morgan fingerprint density at radius 1 is 1.17 bits per heavy atom. The van der Waals surface area contributed by atoms with E-state index in [1.165, 1.54) is 18.4 Å². The summed E-state index contributed by atoms with van der Waals surface area (Å²) in [5.41, 5.74) is 2.80. The molecule has 1 fully saturated rings. The first-order valence-corrected chi connectivity index (χ1v) is 11.4. The molecule has 2 heterocycles.